The summed E-state index contributed by atoms with van der Waals surface area (Å²) in [6.45, 7) is 4.26. The Morgan fingerprint density at radius 3 is 2.65 bits per heavy atom. The molecule has 0 N–H and O–H groups in total. The molecule has 0 aromatic carbocycles. The number of carbonyl (C=O) groups excluding carboxylic acids is 2. The Bertz CT molecular complexity index is 505. The van der Waals surface area contributed by atoms with Crippen molar-refractivity contribution in [3.8, 4) is 6.07 Å². The van der Waals surface area contributed by atoms with Crippen molar-refractivity contribution in [2.45, 2.75) is 20.3 Å². The van der Waals surface area contributed by atoms with E-state index >= 15 is 0 Å². The minimum atomic E-state index is -0.442. The van der Waals surface area contributed by atoms with E-state index in [1.54, 1.807) is 6.92 Å². The summed E-state index contributed by atoms with van der Waals surface area (Å²) >= 11 is 0. The Morgan fingerprint density at radius 1 is 1.40 bits per heavy atom. The molecule has 0 aliphatic rings. The van der Waals surface area contributed by atoms with Crippen LogP contribution in [0.4, 0.5) is 0 Å². The van der Waals surface area contributed by atoms with Crippen LogP contribution in [0.15, 0.2) is 18.3 Å². The third-order valence-corrected chi connectivity index (χ3v) is 2.52. The van der Waals surface area contributed by atoms with E-state index < -0.39 is 5.97 Å². The first-order valence-corrected chi connectivity index (χ1v) is 6.43. The van der Waals surface area contributed by atoms with Gasteiger partial charge in [-0.15, -0.1) is 0 Å². The second kappa shape index (κ2) is 7.89. The quantitative estimate of drug-likeness (QED) is 0.732. The number of hydrogen-bond donors (Lipinski definition) is 0. The molecule has 0 unspecified atom stereocenters. The highest BCUT2D eigenvalue weighted by atomic mass is 16.5. The SMILES string of the molecule is CCCN(CC(=O)OCC)C(=O)c1ccc(C#N)cn1. The van der Waals surface area contributed by atoms with Gasteiger partial charge in [0.25, 0.3) is 5.91 Å². The second-order valence-corrected chi connectivity index (χ2v) is 4.08. The minimum absolute atomic E-state index is 0.0950. The number of carbonyl (C=O) groups is 2. The van der Waals surface area contributed by atoms with E-state index in [-0.39, 0.29) is 24.8 Å². The molecule has 6 nitrogen and oxygen atoms in total. The lowest BCUT2D eigenvalue weighted by atomic mass is 10.2. The van der Waals surface area contributed by atoms with Gasteiger partial charge < -0.3 is 9.64 Å². The van der Waals surface area contributed by atoms with Crippen molar-refractivity contribution in [1.29, 1.82) is 5.26 Å². The first kappa shape index (κ1) is 15.6. The summed E-state index contributed by atoms with van der Waals surface area (Å²) in [5, 5.41) is 8.69. The summed E-state index contributed by atoms with van der Waals surface area (Å²) in [6, 6.07) is 4.94. The number of aromatic nitrogens is 1. The fraction of sp³-hybridized carbons (Fsp3) is 0.429. The number of rotatable bonds is 6. The van der Waals surface area contributed by atoms with E-state index in [9.17, 15) is 9.59 Å². The average Bonchev–Trinajstić information content (AvgIpc) is 2.46. The molecule has 0 aliphatic carbocycles. The maximum Gasteiger partial charge on any atom is 0.325 e. The number of nitrogens with zero attached hydrogens (tertiary/aromatic N) is 3. The van der Waals surface area contributed by atoms with Crippen LogP contribution in [0, 0.1) is 11.3 Å². The van der Waals surface area contributed by atoms with E-state index in [0.717, 1.165) is 6.42 Å². The Balaban J connectivity index is 2.81. The Morgan fingerprint density at radius 2 is 2.15 bits per heavy atom. The van der Waals surface area contributed by atoms with Gasteiger partial charge in [0.05, 0.1) is 12.2 Å². The van der Waals surface area contributed by atoms with Crippen LogP contribution in [0.2, 0.25) is 0 Å². The zero-order valence-corrected chi connectivity index (χ0v) is 11.6. The number of esters is 1. The van der Waals surface area contributed by atoms with Gasteiger partial charge in [0.15, 0.2) is 0 Å². The molecule has 106 valence electrons. The highest BCUT2D eigenvalue weighted by Gasteiger charge is 2.19. The van der Waals surface area contributed by atoms with E-state index in [4.69, 9.17) is 10.00 Å². The molecule has 0 aliphatic heterocycles. The standard InChI is InChI=1S/C14H17N3O3/c1-3-7-17(10-13(18)20-4-2)14(19)12-6-5-11(8-15)9-16-12/h5-6,9H,3-4,7,10H2,1-2H3. The van der Waals surface area contributed by atoms with Crippen LogP contribution >= 0.6 is 0 Å². The normalized spacial score (nSPS) is 9.65. The topological polar surface area (TPSA) is 83.3 Å². The Kier molecular flexibility index (Phi) is 6.17. The van der Waals surface area contributed by atoms with Crippen LogP contribution < -0.4 is 0 Å². The maximum absolute atomic E-state index is 12.2. The lowest BCUT2D eigenvalue weighted by Gasteiger charge is -2.20. The summed E-state index contributed by atoms with van der Waals surface area (Å²) < 4.78 is 4.84. The molecule has 6 heteroatoms. The van der Waals surface area contributed by atoms with Crippen LogP contribution in [0.25, 0.3) is 0 Å². The molecular weight excluding hydrogens is 258 g/mol. The minimum Gasteiger partial charge on any atom is -0.465 e. The number of pyridine rings is 1. The molecule has 0 saturated heterocycles. The van der Waals surface area contributed by atoms with Crippen LogP contribution in [0.1, 0.15) is 36.3 Å². The molecule has 1 amide bonds. The third kappa shape index (κ3) is 4.35. The lowest BCUT2D eigenvalue weighted by molar-refractivity contribution is -0.143. The van der Waals surface area contributed by atoms with Crippen LogP contribution in [-0.4, -0.2) is 41.5 Å². The van der Waals surface area contributed by atoms with Crippen LogP contribution in [0.5, 0.6) is 0 Å². The molecule has 0 fully saturated rings. The summed E-state index contributed by atoms with van der Waals surface area (Å²) in [5.41, 5.74) is 0.593. The summed E-state index contributed by atoms with van der Waals surface area (Å²) in [6.07, 6.45) is 2.06. The third-order valence-electron chi connectivity index (χ3n) is 2.52. The van der Waals surface area contributed by atoms with E-state index in [1.165, 1.54) is 23.2 Å². The van der Waals surface area contributed by atoms with Gasteiger partial charge in [-0.3, -0.25) is 9.59 Å². The Hall–Kier alpha value is -2.42. The smallest absolute Gasteiger partial charge is 0.325 e. The lowest BCUT2D eigenvalue weighted by Crippen LogP contribution is -2.37. The molecular formula is C14H17N3O3. The van der Waals surface area contributed by atoms with Crippen molar-refractivity contribution in [2.24, 2.45) is 0 Å². The van der Waals surface area contributed by atoms with Gasteiger partial charge in [-0.05, 0) is 25.5 Å². The van der Waals surface area contributed by atoms with Crippen LogP contribution in [-0.2, 0) is 9.53 Å². The van der Waals surface area contributed by atoms with Gasteiger partial charge in [-0.2, -0.15) is 5.26 Å². The number of nitriles is 1. The molecule has 1 aromatic rings. The van der Waals surface area contributed by atoms with E-state index in [0.29, 0.717) is 12.1 Å². The van der Waals surface area contributed by atoms with Gasteiger partial charge in [0.2, 0.25) is 0 Å². The summed E-state index contributed by atoms with van der Waals surface area (Å²) in [7, 11) is 0. The van der Waals surface area contributed by atoms with Crippen molar-refractivity contribution in [3.05, 3.63) is 29.6 Å². The molecule has 0 saturated carbocycles. The fourth-order valence-electron chi connectivity index (χ4n) is 1.63. The zero-order chi connectivity index (χ0) is 15.0. The molecule has 20 heavy (non-hydrogen) atoms. The van der Waals surface area contributed by atoms with Crippen molar-refractivity contribution in [1.82, 2.24) is 9.88 Å². The molecule has 0 radical (unpaired) electrons. The van der Waals surface area contributed by atoms with Crippen molar-refractivity contribution < 1.29 is 14.3 Å². The zero-order valence-electron chi connectivity index (χ0n) is 11.6. The summed E-state index contributed by atoms with van der Waals surface area (Å²) in [5.74, 6) is -0.785. The monoisotopic (exact) mass is 275 g/mol. The highest BCUT2D eigenvalue weighted by molar-refractivity contribution is 5.94. The Labute approximate surface area is 118 Å². The molecule has 0 atom stereocenters. The maximum atomic E-state index is 12.2. The van der Waals surface area contributed by atoms with Gasteiger partial charge >= 0.3 is 5.97 Å². The van der Waals surface area contributed by atoms with Gasteiger partial charge in [-0.1, -0.05) is 6.92 Å². The molecule has 1 aromatic heterocycles. The van der Waals surface area contributed by atoms with E-state index in [2.05, 4.69) is 4.98 Å². The van der Waals surface area contributed by atoms with Gasteiger partial charge in [-0.25, -0.2) is 4.98 Å². The number of hydrogen-bond acceptors (Lipinski definition) is 5. The average molecular weight is 275 g/mol. The number of ether oxygens (including phenoxy) is 1. The first-order valence-electron chi connectivity index (χ1n) is 6.43. The molecule has 1 heterocycles. The largest absolute Gasteiger partial charge is 0.465 e. The number of amides is 1. The van der Waals surface area contributed by atoms with Gasteiger partial charge in [0.1, 0.15) is 18.3 Å². The fourth-order valence-corrected chi connectivity index (χ4v) is 1.63. The van der Waals surface area contributed by atoms with Crippen molar-refractivity contribution >= 4 is 11.9 Å². The highest BCUT2D eigenvalue weighted by Crippen LogP contribution is 2.05. The molecule has 0 spiro atoms. The van der Waals surface area contributed by atoms with E-state index in [1.807, 2.05) is 13.0 Å². The molecule has 0 bridgehead atoms. The predicted octanol–water partition coefficient (Wildman–Crippen LogP) is 1.37. The summed E-state index contributed by atoms with van der Waals surface area (Å²) in [4.78, 5) is 29.1. The first-order chi connectivity index (χ1) is 9.62. The van der Waals surface area contributed by atoms with Crippen molar-refractivity contribution in [2.75, 3.05) is 19.7 Å². The van der Waals surface area contributed by atoms with Crippen LogP contribution in [0.3, 0.4) is 0 Å². The second-order valence-electron chi connectivity index (χ2n) is 4.08. The van der Waals surface area contributed by atoms with Gasteiger partial charge in [0, 0.05) is 12.7 Å². The predicted molar refractivity (Wildman–Crippen MR) is 71.8 cm³/mol. The van der Waals surface area contributed by atoms with Crippen molar-refractivity contribution in [3.63, 3.8) is 0 Å². The molecule has 1 rings (SSSR count).